The van der Waals surface area contributed by atoms with Crippen LogP contribution >= 0.6 is 11.8 Å². The minimum atomic E-state index is -0.328. The van der Waals surface area contributed by atoms with Crippen LogP contribution in [0.15, 0.2) is 53.7 Å². The number of thioether (sulfide) groups is 1. The summed E-state index contributed by atoms with van der Waals surface area (Å²) in [7, 11) is 1.61. The average Bonchev–Trinajstić information content (AvgIpc) is 3.03. The normalized spacial score (nSPS) is 10.7. The van der Waals surface area contributed by atoms with E-state index in [1.54, 1.807) is 29.9 Å². The third-order valence-corrected chi connectivity index (χ3v) is 4.31. The van der Waals surface area contributed by atoms with Crippen LogP contribution < -0.4 is 9.47 Å². The number of nitrogens with zero attached hydrogens (tertiary/aromatic N) is 3. The van der Waals surface area contributed by atoms with Crippen LogP contribution in [-0.4, -0.2) is 27.6 Å². The number of hydrogen-bond donors (Lipinski definition) is 0. The molecule has 5 nitrogen and oxygen atoms in total. The summed E-state index contributed by atoms with van der Waals surface area (Å²) in [5, 5.41) is 8.99. The molecule has 0 amide bonds. The Morgan fingerprint density at radius 3 is 2.44 bits per heavy atom. The van der Waals surface area contributed by atoms with Gasteiger partial charge in [-0.2, -0.15) is 0 Å². The van der Waals surface area contributed by atoms with E-state index in [2.05, 4.69) is 10.2 Å². The summed E-state index contributed by atoms with van der Waals surface area (Å²) in [4.78, 5) is 0. The number of halogens is 1. The Kier molecular flexibility index (Phi) is 5.55. The number of benzene rings is 2. The molecule has 0 saturated carbocycles. The maximum atomic E-state index is 14.3. The minimum Gasteiger partial charge on any atom is -0.497 e. The fourth-order valence-electron chi connectivity index (χ4n) is 2.31. The molecule has 0 saturated heterocycles. The van der Waals surface area contributed by atoms with E-state index in [0.717, 1.165) is 11.5 Å². The Morgan fingerprint density at radius 2 is 1.76 bits per heavy atom. The van der Waals surface area contributed by atoms with Crippen LogP contribution in [-0.2, 0) is 6.61 Å². The average molecular weight is 359 g/mol. The standard InChI is InChI=1S/C18H18FN3O2S/c1-3-25-18-21-20-17(22(18)16-7-5-4-6-15(16)19)12-24-14-10-8-13(23-2)9-11-14/h4-11H,3,12H2,1-2H3. The second kappa shape index (κ2) is 8.02. The van der Waals surface area contributed by atoms with Crippen molar-refractivity contribution in [1.82, 2.24) is 14.8 Å². The van der Waals surface area contributed by atoms with Gasteiger partial charge in [-0.1, -0.05) is 30.8 Å². The zero-order valence-electron chi connectivity index (χ0n) is 14.0. The van der Waals surface area contributed by atoms with Gasteiger partial charge in [-0.05, 0) is 42.2 Å². The molecule has 0 fully saturated rings. The summed E-state index contributed by atoms with van der Waals surface area (Å²) in [5.74, 6) is 2.45. The second-order valence-corrected chi connectivity index (χ2v) is 6.31. The molecule has 0 aliphatic rings. The van der Waals surface area contributed by atoms with Gasteiger partial charge in [0.05, 0.1) is 12.8 Å². The maximum absolute atomic E-state index is 14.3. The molecule has 7 heteroatoms. The van der Waals surface area contributed by atoms with Crippen LogP contribution in [0.1, 0.15) is 12.7 Å². The number of para-hydroxylation sites is 1. The Morgan fingerprint density at radius 1 is 1.04 bits per heavy atom. The second-order valence-electron chi connectivity index (χ2n) is 5.08. The Hall–Kier alpha value is -2.54. The maximum Gasteiger partial charge on any atom is 0.196 e. The van der Waals surface area contributed by atoms with Gasteiger partial charge in [-0.25, -0.2) is 4.39 Å². The summed E-state index contributed by atoms with van der Waals surface area (Å²) in [6.45, 7) is 2.19. The SMILES string of the molecule is CCSc1nnc(COc2ccc(OC)cc2)n1-c1ccccc1F. The summed E-state index contributed by atoms with van der Waals surface area (Å²) >= 11 is 1.50. The summed E-state index contributed by atoms with van der Waals surface area (Å²) in [6, 6.07) is 13.8. The van der Waals surface area contributed by atoms with Gasteiger partial charge < -0.3 is 9.47 Å². The highest BCUT2D eigenvalue weighted by Crippen LogP contribution is 2.25. The molecule has 0 aliphatic carbocycles. The van der Waals surface area contributed by atoms with E-state index in [1.807, 2.05) is 31.2 Å². The van der Waals surface area contributed by atoms with E-state index in [-0.39, 0.29) is 12.4 Å². The van der Waals surface area contributed by atoms with Gasteiger partial charge in [0.25, 0.3) is 0 Å². The first kappa shape index (κ1) is 17.3. The first-order valence-electron chi connectivity index (χ1n) is 7.81. The van der Waals surface area contributed by atoms with Crippen molar-refractivity contribution in [3.63, 3.8) is 0 Å². The van der Waals surface area contributed by atoms with E-state index in [1.165, 1.54) is 17.8 Å². The first-order chi connectivity index (χ1) is 12.2. The molecule has 0 spiro atoms. The molecule has 1 aromatic heterocycles. The molecule has 3 aromatic rings. The fourth-order valence-corrected chi connectivity index (χ4v) is 3.00. The first-order valence-corrected chi connectivity index (χ1v) is 8.80. The molecule has 2 aromatic carbocycles. The summed E-state index contributed by atoms with van der Waals surface area (Å²) in [5.41, 5.74) is 0.414. The Labute approximate surface area is 149 Å². The molecule has 0 N–H and O–H groups in total. The predicted molar refractivity (Wildman–Crippen MR) is 95.0 cm³/mol. The van der Waals surface area contributed by atoms with Gasteiger partial charge in [0.15, 0.2) is 11.0 Å². The molecule has 0 bridgehead atoms. The number of rotatable bonds is 7. The van der Waals surface area contributed by atoms with Crippen molar-refractivity contribution in [2.24, 2.45) is 0 Å². The van der Waals surface area contributed by atoms with Crippen molar-refractivity contribution in [3.8, 4) is 17.2 Å². The van der Waals surface area contributed by atoms with Gasteiger partial charge in [0, 0.05) is 0 Å². The lowest BCUT2D eigenvalue weighted by Gasteiger charge is -2.11. The van der Waals surface area contributed by atoms with E-state index >= 15 is 0 Å². The smallest absolute Gasteiger partial charge is 0.196 e. The lowest BCUT2D eigenvalue weighted by molar-refractivity contribution is 0.292. The molecule has 25 heavy (non-hydrogen) atoms. The van der Waals surface area contributed by atoms with Crippen LogP contribution in [0.4, 0.5) is 4.39 Å². The van der Waals surface area contributed by atoms with Crippen molar-refractivity contribution in [2.75, 3.05) is 12.9 Å². The molecule has 1 heterocycles. The highest BCUT2D eigenvalue weighted by molar-refractivity contribution is 7.99. The molecular formula is C18H18FN3O2S. The zero-order valence-corrected chi connectivity index (χ0v) is 14.8. The lowest BCUT2D eigenvalue weighted by atomic mass is 10.3. The van der Waals surface area contributed by atoms with Crippen LogP contribution in [0.5, 0.6) is 11.5 Å². The zero-order chi connectivity index (χ0) is 17.6. The summed E-state index contributed by atoms with van der Waals surface area (Å²) in [6.07, 6.45) is 0. The van der Waals surface area contributed by atoms with Gasteiger partial charge >= 0.3 is 0 Å². The third kappa shape index (κ3) is 3.93. The molecule has 0 radical (unpaired) electrons. The Bertz CT molecular complexity index is 837. The van der Waals surface area contributed by atoms with Crippen LogP contribution in [0, 0.1) is 5.82 Å². The monoisotopic (exact) mass is 359 g/mol. The van der Waals surface area contributed by atoms with Crippen molar-refractivity contribution < 1.29 is 13.9 Å². The van der Waals surface area contributed by atoms with E-state index in [4.69, 9.17) is 9.47 Å². The number of methoxy groups -OCH3 is 1. The lowest BCUT2D eigenvalue weighted by Crippen LogP contribution is -2.08. The van der Waals surface area contributed by atoms with E-state index in [9.17, 15) is 4.39 Å². The molecule has 0 unspecified atom stereocenters. The number of hydrogen-bond acceptors (Lipinski definition) is 5. The fraction of sp³-hybridized carbons (Fsp3) is 0.222. The topological polar surface area (TPSA) is 49.2 Å². The molecule has 0 aliphatic heterocycles. The minimum absolute atomic E-state index is 0.179. The number of aromatic nitrogens is 3. The van der Waals surface area contributed by atoms with E-state index in [0.29, 0.717) is 22.4 Å². The third-order valence-electron chi connectivity index (χ3n) is 3.49. The van der Waals surface area contributed by atoms with Gasteiger partial charge in [0.1, 0.15) is 23.9 Å². The van der Waals surface area contributed by atoms with Gasteiger partial charge in [0.2, 0.25) is 0 Å². The summed E-state index contributed by atoms with van der Waals surface area (Å²) < 4.78 is 26.9. The van der Waals surface area contributed by atoms with E-state index < -0.39 is 0 Å². The highest BCUT2D eigenvalue weighted by Gasteiger charge is 2.17. The van der Waals surface area contributed by atoms with Crippen LogP contribution in [0.3, 0.4) is 0 Å². The van der Waals surface area contributed by atoms with Crippen molar-refractivity contribution in [3.05, 3.63) is 60.2 Å². The molecule has 3 rings (SSSR count). The van der Waals surface area contributed by atoms with Crippen LogP contribution in [0.2, 0.25) is 0 Å². The molecule has 130 valence electrons. The quantitative estimate of drug-likeness (QED) is 0.594. The highest BCUT2D eigenvalue weighted by atomic mass is 32.2. The number of ether oxygens (including phenoxy) is 2. The Balaban J connectivity index is 1.87. The van der Waals surface area contributed by atoms with Crippen molar-refractivity contribution in [1.29, 1.82) is 0 Å². The van der Waals surface area contributed by atoms with Gasteiger partial charge in [-0.15, -0.1) is 10.2 Å². The molecule has 0 atom stereocenters. The predicted octanol–water partition coefficient (Wildman–Crippen LogP) is 4.11. The van der Waals surface area contributed by atoms with Crippen LogP contribution in [0.25, 0.3) is 5.69 Å². The van der Waals surface area contributed by atoms with Crippen molar-refractivity contribution >= 4 is 11.8 Å². The van der Waals surface area contributed by atoms with Crippen molar-refractivity contribution in [2.45, 2.75) is 18.7 Å². The largest absolute Gasteiger partial charge is 0.497 e. The van der Waals surface area contributed by atoms with Gasteiger partial charge in [-0.3, -0.25) is 4.57 Å². The molecular weight excluding hydrogens is 341 g/mol.